The Morgan fingerprint density at radius 3 is 2.52 bits per heavy atom. The Morgan fingerprint density at radius 2 is 1.81 bits per heavy atom. The van der Waals surface area contributed by atoms with Gasteiger partial charge < -0.3 is 10.3 Å². The second-order valence-electron chi connectivity index (χ2n) is 4.38. The van der Waals surface area contributed by atoms with Gasteiger partial charge in [-0.15, -0.1) is 0 Å². The summed E-state index contributed by atoms with van der Waals surface area (Å²) in [5, 5.41) is 5.05. The fraction of sp³-hybridized carbons (Fsp3) is 0. The first-order valence-corrected chi connectivity index (χ1v) is 7.87. The lowest BCUT2D eigenvalue weighted by molar-refractivity contribution is 0.439. The normalized spacial score (nSPS) is 10.8. The number of aromatic nitrogens is 1. The van der Waals surface area contributed by atoms with Crippen molar-refractivity contribution in [3.63, 3.8) is 0 Å². The van der Waals surface area contributed by atoms with Gasteiger partial charge in [-0.2, -0.15) is 0 Å². The molecule has 0 atom stereocenters. The summed E-state index contributed by atoms with van der Waals surface area (Å²) in [6.07, 6.45) is 0. The van der Waals surface area contributed by atoms with Gasteiger partial charge in [0.25, 0.3) is 0 Å². The minimum Gasteiger partial charge on any atom is -0.367 e. The molecule has 0 aliphatic heterocycles. The largest absolute Gasteiger partial charge is 0.367 e. The predicted octanol–water partition coefficient (Wildman–Crippen LogP) is 5.50. The summed E-state index contributed by atoms with van der Waals surface area (Å²) in [5.41, 5.74) is 9.13. The lowest BCUT2D eigenvalue weighted by Crippen LogP contribution is -1.89. The fourth-order valence-electron chi connectivity index (χ4n) is 2.07. The quantitative estimate of drug-likeness (QED) is 0.546. The van der Waals surface area contributed by atoms with E-state index in [2.05, 4.69) is 27.7 Å². The Labute approximate surface area is 145 Å². The molecule has 1 aromatic heterocycles. The van der Waals surface area contributed by atoms with Crippen LogP contribution in [-0.2, 0) is 0 Å². The molecule has 3 rings (SSSR count). The zero-order chi connectivity index (χ0) is 15.0. The van der Waals surface area contributed by atoms with Gasteiger partial charge in [0.15, 0.2) is 0 Å². The molecule has 2 N–H and O–H groups in total. The summed E-state index contributed by atoms with van der Waals surface area (Å²) >= 11 is 14.3. The van der Waals surface area contributed by atoms with Gasteiger partial charge in [0, 0.05) is 9.13 Å². The highest BCUT2D eigenvalue weighted by molar-refractivity contribution is 14.1. The molecule has 6 heteroatoms. The number of hydrogen-bond acceptors (Lipinski definition) is 3. The standard InChI is InChI=1S/C15H9Cl2IN2O/c16-10-6-5-8(7-11(10)17)13-14(20-21-15(13)19)9-3-1-2-4-12(9)18/h1-7H,19H2. The minimum atomic E-state index is 0.253. The van der Waals surface area contributed by atoms with Gasteiger partial charge in [-0.3, -0.25) is 0 Å². The van der Waals surface area contributed by atoms with E-state index in [1.54, 1.807) is 12.1 Å². The first kappa shape index (κ1) is 14.7. The number of halogens is 3. The van der Waals surface area contributed by atoms with Gasteiger partial charge in [0.1, 0.15) is 5.69 Å². The second-order valence-corrected chi connectivity index (χ2v) is 6.36. The maximum Gasteiger partial charge on any atom is 0.230 e. The number of nitrogens with two attached hydrogens (primary N) is 1. The van der Waals surface area contributed by atoms with Crippen molar-refractivity contribution in [2.45, 2.75) is 0 Å². The van der Waals surface area contributed by atoms with Gasteiger partial charge in [-0.1, -0.05) is 52.6 Å². The van der Waals surface area contributed by atoms with E-state index < -0.39 is 0 Å². The van der Waals surface area contributed by atoms with Crippen LogP contribution >= 0.6 is 45.8 Å². The zero-order valence-electron chi connectivity index (χ0n) is 10.6. The summed E-state index contributed by atoms with van der Waals surface area (Å²) in [6, 6.07) is 13.2. The van der Waals surface area contributed by atoms with Crippen LogP contribution in [-0.4, -0.2) is 5.16 Å². The van der Waals surface area contributed by atoms with Crippen molar-refractivity contribution in [2.24, 2.45) is 0 Å². The Kier molecular flexibility index (Phi) is 4.10. The van der Waals surface area contributed by atoms with Gasteiger partial charge in [-0.05, 0) is 46.4 Å². The molecule has 0 saturated heterocycles. The van der Waals surface area contributed by atoms with Crippen LogP contribution in [0.3, 0.4) is 0 Å². The highest BCUT2D eigenvalue weighted by Gasteiger charge is 2.19. The number of nitrogen functional groups attached to an aromatic ring is 1. The Hall–Kier alpha value is -1.24. The number of nitrogens with zero attached hydrogens (tertiary/aromatic N) is 1. The monoisotopic (exact) mass is 430 g/mol. The van der Waals surface area contributed by atoms with Crippen LogP contribution in [0, 0.1) is 3.57 Å². The molecule has 0 aliphatic rings. The summed E-state index contributed by atoms with van der Waals surface area (Å²) in [6.45, 7) is 0. The van der Waals surface area contributed by atoms with Crippen molar-refractivity contribution < 1.29 is 4.52 Å². The Balaban J connectivity index is 2.22. The van der Waals surface area contributed by atoms with Crippen molar-refractivity contribution in [1.29, 1.82) is 0 Å². The van der Waals surface area contributed by atoms with E-state index in [0.29, 0.717) is 15.7 Å². The predicted molar refractivity (Wildman–Crippen MR) is 94.5 cm³/mol. The average Bonchev–Trinajstić information content (AvgIpc) is 2.84. The number of rotatable bonds is 2. The third-order valence-corrected chi connectivity index (χ3v) is 4.74. The molecular formula is C15H9Cl2IN2O. The van der Waals surface area contributed by atoms with E-state index >= 15 is 0 Å². The fourth-order valence-corrected chi connectivity index (χ4v) is 3.01. The molecule has 0 fully saturated rings. The van der Waals surface area contributed by atoms with E-state index in [-0.39, 0.29) is 5.88 Å². The third kappa shape index (κ3) is 2.75. The van der Waals surface area contributed by atoms with Crippen LogP contribution in [0.4, 0.5) is 5.88 Å². The lowest BCUT2D eigenvalue weighted by Gasteiger charge is -2.06. The molecule has 0 unspecified atom stereocenters. The lowest BCUT2D eigenvalue weighted by atomic mass is 10.0. The average molecular weight is 431 g/mol. The van der Waals surface area contributed by atoms with Crippen molar-refractivity contribution in [2.75, 3.05) is 5.73 Å². The third-order valence-electron chi connectivity index (χ3n) is 3.06. The summed E-state index contributed by atoms with van der Waals surface area (Å²) in [5.74, 6) is 0.253. The maximum absolute atomic E-state index is 6.09. The van der Waals surface area contributed by atoms with Gasteiger partial charge in [0.2, 0.25) is 5.88 Å². The summed E-state index contributed by atoms with van der Waals surface area (Å²) in [4.78, 5) is 0. The van der Waals surface area contributed by atoms with Crippen molar-refractivity contribution in [1.82, 2.24) is 5.16 Å². The molecule has 106 valence electrons. The molecule has 1 heterocycles. The van der Waals surface area contributed by atoms with Gasteiger partial charge in [-0.25, -0.2) is 0 Å². The molecule has 0 bridgehead atoms. The van der Waals surface area contributed by atoms with Gasteiger partial charge in [0.05, 0.1) is 15.6 Å². The molecular weight excluding hydrogens is 422 g/mol. The van der Waals surface area contributed by atoms with E-state index in [1.807, 2.05) is 30.3 Å². The van der Waals surface area contributed by atoms with E-state index in [1.165, 1.54) is 0 Å². The van der Waals surface area contributed by atoms with Crippen LogP contribution < -0.4 is 5.73 Å². The van der Waals surface area contributed by atoms with E-state index in [0.717, 1.165) is 20.3 Å². The highest BCUT2D eigenvalue weighted by atomic mass is 127. The van der Waals surface area contributed by atoms with Crippen molar-refractivity contribution in [3.8, 4) is 22.4 Å². The molecule has 0 saturated carbocycles. The first-order chi connectivity index (χ1) is 10.1. The first-order valence-electron chi connectivity index (χ1n) is 6.03. The molecule has 0 amide bonds. The van der Waals surface area contributed by atoms with Crippen LogP contribution in [0.5, 0.6) is 0 Å². The maximum atomic E-state index is 6.09. The molecule has 0 radical (unpaired) electrons. The zero-order valence-corrected chi connectivity index (χ0v) is 14.3. The topological polar surface area (TPSA) is 52.0 Å². The molecule has 0 aliphatic carbocycles. The molecule has 0 spiro atoms. The van der Waals surface area contributed by atoms with Crippen LogP contribution in [0.2, 0.25) is 10.0 Å². The SMILES string of the molecule is Nc1onc(-c2ccccc2I)c1-c1ccc(Cl)c(Cl)c1. The summed E-state index contributed by atoms with van der Waals surface area (Å²) in [7, 11) is 0. The van der Waals surface area contributed by atoms with Crippen molar-refractivity contribution in [3.05, 3.63) is 56.1 Å². The van der Waals surface area contributed by atoms with Gasteiger partial charge >= 0.3 is 0 Å². The van der Waals surface area contributed by atoms with Crippen LogP contribution in [0.1, 0.15) is 0 Å². The smallest absolute Gasteiger partial charge is 0.230 e. The van der Waals surface area contributed by atoms with Crippen LogP contribution in [0.25, 0.3) is 22.4 Å². The van der Waals surface area contributed by atoms with Crippen LogP contribution in [0.15, 0.2) is 47.0 Å². The molecule has 3 aromatic rings. The second kappa shape index (κ2) is 5.87. The number of anilines is 1. The Bertz CT molecular complexity index is 817. The molecule has 21 heavy (non-hydrogen) atoms. The van der Waals surface area contributed by atoms with E-state index in [9.17, 15) is 0 Å². The number of benzene rings is 2. The number of hydrogen-bond donors (Lipinski definition) is 1. The summed E-state index contributed by atoms with van der Waals surface area (Å²) < 4.78 is 6.24. The van der Waals surface area contributed by atoms with Crippen molar-refractivity contribution >= 4 is 51.7 Å². The minimum absolute atomic E-state index is 0.253. The highest BCUT2D eigenvalue weighted by Crippen LogP contribution is 2.39. The molecule has 3 nitrogen and oxygen atoms in total. The van der Waals surface area contributed by atoms with E-state index in [4.69, 9.17) is 33.5 Å². The molecule has 2 aromatic carbocycles. The Morgan fingerprint density at radius 1 is 1.05 bits per heavy atom.